The minimum absolute atomic E-state index is 0.0439. The molecule has 0 bridgehead atoms. The van der Waals surface area contributed by atoms with Crippen LogP contribution in [-0.2, 0) is 9.57 Å². The SMILES string of the molecule is CC(C)(C)O/N=C/c1ccc(-c2ncc(OCC3CCN(C(=O)OC(C)(C)C)CC3)cc2F)c(F)c1. The summed E-state index contributed by atoms with van der Waals surface area (Å²) in [6.07, 6.45) is 4.00. The lowest BCUT2D eigenvalue weighted by Crippen LogP contribution is -2.42. The Morgan fingerprint density at radius 2 is 1.78 bits per heavy atom. The van der Waals surface area contributed by atoms with Crippen molar-refractivity contribution < 1.29 is 27.9 Å². The summed E-state index contributed by atoms with van der Waals surface area (Å²) in [4.78, 5) is 23.2. The number of pyridine rings is 1. The molecule has 3 rings (SSSR count). The van der Waals surface area contributed by atoms with Crippen LogP contribution >= 0.6 is 0 Å². The molecule has 0 aliphatic carbocycles. The van der Waals surface area contributed by atoms with Crippen LogP contribution in [0, 0.1) is 17.6 Å². The van der Waals surface area contributed by atoms with Crippen molar-refractivity contribution in [3.8, 4) is 17.0 Å². The Kier molecular flexibility index (Phi) is 8.53. The number of likely N-dealkylation sites (tertiary alicyclic amines) is 1. The first-order chi connectivity index (χ1) is 16.8. The van der Waals surface area contributed by atoms with E-state index >= 15 is 0 Å². The van der Waals surface area contributed by atoms with Crippen LogP contribution in [0.5, 0.6) is 5.75 Å². The van der Waals surface area contributed by atoms with Crippen LogP contribution in [0.4, 0.5) is 13.6 Å². The van der Waals surface area contributed by atoms with Crippen molar-refractivity contribution in [2.24, 2.45) is 11.1 Å². The molecule has 1 amide bonds. The molecule has 9 heteroatoms. The minimum atomic E-state index is -0.677. The van der Waals surface area contributed by atoms with Gasteiger partial charge in [0.1, 0.15) is 28.5 Å². The van der Waals surface area contributed by atoms with E-state index in [0.717, 1.165) is 12.8 Å². The molecule has 0 N–H and O–H groups in total. The Balaban J connectivity index is 1.55. The fourth-order valence-electron chi connectivity index (χ4n) is 3.57. The Morgan fingerprint density at radius 3 is 2.36 bits per heavy atom. The van der Waals surface area contributed by atoms with Gasteiger partial charge in [0.25, 0.3) is 0 Å². The van der Waals surface area contributed by atoms with Gasteiger partial charge < -0.3 is 19.2 Å². The molecular formula is C27H35F2N3O4. The summed E-state index contributed by atoms with van der Waals surface area (Å²) in [6.45, 7) is 12.6. The van der Waals surface area contributed by atoms with Crippen molar-refractivity contribution in [2.45, 2.75) is 65.6 Å². The zero-order valence-corrected chi connectivity index (χ0v) is 21.8. The van der Waals surface area contributed by atoms with Crippen LogP contribution in [0.3, 0.4) is 0 Å². The van der Waals surface area contributed by atoms with E-state index in [0.29, 0.717) is 25.3 Å². The quantitative estimate of drug-likeness (QED) is 0.347. The van der Waals surface area contributed by atoms with Gasteiger partial charge in [0.15, 0.2) is 5.82 Å². The smallest absolute Gasteiger partial charge is 0.410 e. The number of carbonyl (C=O) groups excluding carboxylic acids is 1. The van der Waals surface area contributed by atoms with Crippen molar-refractivity contribution in [3.63, 3.8) is 0 Å². The predicted octanol–water partition coefficient (Wildman–Crippen LogP) is 6.20. The number of piperidine rings is 1. The highest BCUT2D eigenvalue weighted by Crippen LogP contribution is 2.27. The summed E-state index contributed by atoms with van der Waals surface area (Å²) >= 11 is 0. The summed E-state index contributed by atoms with van der Waals surface area (Å²) in [5.41, 5.74) is -0.551. The monoisotopic (exact) mass is 503 g/mol. The van der Waals surface area contributed by atoms with E-state index in [1.165, 1.54) is 30.6 Å². The molecular weight excluding hydrogens is 468 g/mol. The Labute approximate surface area is 211 Å². The predicted molar refractivity (Wildman–Crippen MR) is 134 cm³/mol. The van der Waals surface area contributed by atoms with Gasteiger partial charge in [-0.15, -0.1) is 0 Å². The first-order valence-corrected chi connectivity index (χ1v) is 12.1. The molecule has 1 saturated heterocycles. The highest BCUT2D eigenvalue weighted by atomic mass is 19.1. The van der Waals surface area contributed by atoms with Crippen LogP contribution in [0.25, 0.3) is 11.3 Å². The third kappa shape index (κ3) is 8.17. The molecule has 1 aromatic carbocycles. The molecule has 1 aliphatic rings. The molecule has 0 saturated carbocycles. The van der Waals surface area contributed by atoms with Gasteiger partial charge in [-0.05, 0) is 78.0 Å². The van der Waals surface area contributed by atoms with Gasteiger partial charge in [-0.25, -0.2) is 18.6 Å². The van der Waals surface area contributed by atoms with Crippen LogP contribution in [0.1, 0.15) is 59.9 Å². The molecule has 7 nitrogen and oxygen atoms in total. The minimum Gasteiger partial charge on any atom is -0.492 e. The number of ether oxygens (including phenoxy) is 2. The first-order valence-electron chi connectivity index (χ1n) is 12.1. The highest BCUT2D eigenvalue weighted by Gasteiger charge is 2.27. The van der Waals surface area contributed by atoms with Gasteiger partial charge in [0.2, 0.25) is 0 Å². The number of rotatable bonds is 6. The number of halogens is 2. The molecule has 1 aliphatic heterocycles. The van der Waals surface area contributed by atoms with Crippen molar-refractivity contribution in [1.29, 1.82) is 0 Å². The van der Waals surface area contributed by atoms with Crippen LogP contribution < -0.4 is 4.74 Å². The summed E-state index contributed by atoms with van der Waals surface area (Å²) < 4.78 is 40.6. The lowest BCUT2D eigenvalue weighted by molar-refractivity contribution is 0.00197. The van der Waals surface area contributed by atoms with Gasteiger partial charge in [0.05, 0.1) is 19.0 Å². The highest BCUT2D eigenvalue weighted by molar-refractivity contribution is 5.80. The van der Waals surface area contributed by atoms with E-state index in [-0.39, 0.29) is 29.0 Å². The molecule has 0 radical (unpaired) electrons. The second-order valence-corrected chi connectivity index (χ2v) is 10.9. The summed E-state index contributed by atoms with van der Waals surface area (Å²) in [7, 11) is 0. The van der Waals surface area contributed by atoms with E-state index in [2.05, 4.69) is 10.1 Å². The molecule has 0 atom stereocenters. The van der Waals surface area contributed by atoms with Gasteiger partial charge in [-0.3, -0.25) is 0 Å². The van der Waals surface area contributed by atoms with Crippen LogP contribution in [0.2, 0.25) is 0 Å². The molecule has 36 heavy (non-hydrogen) atoms. The lowest BCUT2D eigenvalue weighted by Gasteiger charge is -2.33. The van der Waals surface area contributed by atoms with Crippen molar-refractivity contribution in [1.82, 2.24) is 9.88 Å². The number of hydrogen-bond acceptors (Lipinski definition) is 6. The zero-order chi connectivity index (χ0) is 26.5. The van der Waals surface area contributed by atoms with Crippen molar-refractivity contribution >= 4 is 12.3 Å². The number of carbonyl (C=O) groups is 1. The molecule has 196 valence electrons. The third-order valence-electron chi connectivity index (χ3n) is 5.34. The van der Waals surface area contributed by atoms with E-state index in [1.54, 1.807) is 11.0 Å². The summed E-state index contributed by atoms with van der Waals surface area (Å²) in [5.74, 6) is -0.801. The van der Waals surface area contributed by atoms with Crippen molar-refractivity contribution in [2.75, 3.05) is 19.7 Å². The molecule has 2 aromatic rings. The second kappa shape index (κ2) is 11.2. The fraction of sp³-hybridized carbons (Fsp3) is 0.519. The van der Waals surface area contributed by atoms with Gasteiger partial charge >= 0.3 is 6.09 Å². The fourth-order valence-corrected chi connectivity index (χ4v) is 3.57. The first kappa shape index (κ1) is 27.4. The van der Waals surface area contributed by atoms with Gasteiger partial charge in [-0.2, -0.15) is 0 Å². The number of aromatic nitrogens is 1. The third-order valence-corrected chi connectivity index (χ3v) is 5.34. The van der Waals surface area contributed by atoms with Crippen molar-refractivity contribution in [3.05, 3.63) is 47.7 Å². The van der Waals surface area contributed by atoms with E-state index in [9.17, 15) is 13.6 Å². The largest absolute Gasteiger partial charge is 0.492 e. The maximum atomic E-state index is 14.8. The summed E-state index contributed by atoms with van der Waals surface area (Å²) in [6, 6.07) is 5.53. The molecule has 2 heterocycles. The second-order valence-electron chi connectivity index (χ2n) is 10.9. The maximum Gasteiger partial charge on any atom is 0.410 e. The summed E-state index contributed by atoms with van der Waals surface area (Å²) in [5, 5.41) is 3.85. The zero-order valence-electron chi connectivity index (χ0n) is 21.8. The van der Waals surface area contributed by atoms with E-state index in [1.807, 2.05) is 41.5 Å². The normalized spacial score (nSPS) is 15.3. The standard InChI is InChI=1S/C27H35F2N3O4/c1-26(2,3)35-25(33)32-11-9-18(10-12-32)17-34-20-14-23(29)24(30-16-20)21-8-7-19(13-22(21)28)15-31-36-27(4,5)6/h7-8,13-16,18H,9-12,17H2,1-6H3/b31-15+. The topological polar surface area (TPSA) is 73.3 Å². The molecule has 0 unspecified atom stereocenters. The molecule has 1 fully saturated rings. The molecule has 0 spiro atoms. The number of amides is 1. The van der Waals surface area contributed by atoms with Crippen LogP contribution in [0.15, 0.2) is 35.6 Å². The number of oxime groups is 1. The average molecular weight is 504 g/mol. The molecule has 1 aromatic heterocycles. The Morgan fingerprint density at radius 1 is 1.08 bits per heavy atom. The lowest BCUT2D eigenvalue weighted by atomic mass is 9.98. The Hall–Kier alpha value is -3.23. The maximum absolute atomic E-state index is 14.8. The Bertz CT molecular complexity index is 1090. The van der Waals surface area contributed by atoms with Gasteiger partial charge in [-0.1, -0.05) is 11.2 Å². The van der Waals surface area contributed by atoms with E-state index < -0.39 is 22.8 Å². The number of hydrogen-bond donors (Lipinski definition) is 0. The van der Waals surface area contributed by atoms with Gasteiger partial charge in [0, 0.05) is 24.7 Å². The van der Waals surface area contributed by atoms with E-state index in [4.69, 9.17) is 14.3 Å². The number of nitrogens with zero attached hydrogens (tertiary/aromatic N) is 3. The average Bonchev–Trinajstić information content (AvgIpc) is 2.77. The number of benzene rings is 1. The van der Waals surface area contributed by atoms with Crippen LogP contribution in [-0.4, -0.2) is 53.1 Å².